The van der Waals surface area contributed by atoms with Crippen LogP contribution in [0.2, 0.25) is 0 Å². The molecule has 3 aromatic rings. The molecule has 0 heterocycles. The third kappa shape index (κ3) is 5.11. The van der Waals surface area contributed by atoms with Gasteiger partial charge in [-0.15, -0.1) is 0 Å². The topological polar surface area (TPSA) is 26.3 Å². The van der Waals surface area contributed by atoms with Crippen LogP contribution < -0.4 is 0 Å². The van der Waals surface area contributed by atoms with E-state index in [-0.39, 0.29) is 22.8 Å². The minimum atomic E-state index is -0.523. The molecule has 0 bridgehead atoms. The Morgan fingerprint density at radius 2 is 1.48 bits per heavy atom. The predicted octanol–water partition coefficient (Wildman–Crippen LogP) is 7.07. The lowest BCUT2D eigenvalue weighted by molar-refractivity contribution is -0.0225. The molecule has 0 fully saturated rings. The Hall–Kier alpha value is -2.78. The Morgan fingerprint density at radius 3 is 2.06 bits per heavy atom. The van der Waals surface area contributed by atoms with E-state index in [4.69, 9.17) is 4.74 Å². The molecule has 0 amide bonds. The number of hydrogen-bond donors (Lipinski definition) is 0. The van der Waals surface area contributed by atoms with Crippen molar-refractivity contribution in [2.75, 3.05) is 0 Å². The SMILES string of the molecule is CC(C)(OC(=O)c1cccc([S+](c2ccccc2)c2ccccc2)c1)C1C=CCCC1. The molecule has 31 heavy (non-hydrogen) atoms. The van der Waals surface area contributed by atoms with Crippen LogP contribution in [-0.2, 0) is 15.6 Å². The molecule has 0 saturated heterocycles. The van der Waals surface area contributed by atoms with Crippen LogP contribution >= 0.6 is 0 Å². The van der Waals surface area contributed by atoms with E-state index in [9.17, 15) is 4.79 Å². The number of benzene rings is 3. The summed E-state index contributed by atoms with van der Waals surface area (Å²) in [5, 5.41) is 0. The lowest BCUT2D eigenvalue weighted by Gasteiger charge is -2.33. The van der Waals surface area contributed by atoms with Gasteiger partial charge in [0, 0.05) is 12.0 Å². The molecule has 158 valence electrons. The minimum absolute atomic E-state index is 0.254. The zero-order valence-electron chi connectivity index (χ0n) is 18.2. The number of carbonyl (C=O) groups excluding carboxylic acids is 1. The monoisotopic (exact) mass is 429 g/mol. The largest absolute Gasteiger partial charge is 0.455 e. The maximum Gasteiger partial charge on any atom is 0.338 e. The first-order valence-corrected chi connectivity index (χ1v) is 12.1. The summed E-state index contributed by atoms with van der Waals surface area (Å²) in [6, 6.07) is 28.9. The molecular weight excluding hydrogens is 400 g/mol. The molecule has 1 aliphatic rings. The predicted molar refractivity (Wildman–Crippen MR) is 127 cm³/mol. The molecule has 0 aromatic heterocycles. The minimum Gasteiger partial charge on any atom is -0.455 e. The zero-order valence-corrected chi connectivity index (χ0v) is 19.0. The summed E-state index contributed by atoms with van der Waals surface area (Å²) in [5.74, 6) is 0.00661. The molecule has 1 atom stereocenters. The second-order valence-electron chi connectivity index (χ2n) is 8.42. The number of rotatable bonds is 6. The van der Waals surface area contributed by atoms with Crippen molar-refractivity contribution >= 4 is 16.9 Å². The van der Waals surface area contributed by atoms with Gasteiger partial charge in [-0.25, -0.2) is 4.79 Å². The Kier molecular flexibility index (Phi) is 6.62. The average Bonchev–Trinajstić information content (AvgIpc) is 2.81. The Bertz CT molecular complexity index is 1000. The molecule has 0 saturated carbocycles. The van der Waals surface area contributed by atoms with Crippen molar-refractivity contribution in [3.8, 4) is 0 Å². The van der Waals surface area contributed by atoms with Gasteiger partial charge in [-0.05, 0) is 69.5 Å². The Balaban J connectivity index is 1.64. The number of ether oxygens (including phenoxy) is 1. The van der Waals surface area contributed by atoms with Crippen LogP contribution in [0, 0.1) is 5.92 Å². The van der Waals surface area contributed by atoms with Gasteiger partial charge in [-0.3, -0.25) is 0 Å². The molecule has 3 aromatic carbocycles. The van der Waals surface area contributed by atoms with Gasteiger partial charge >= 0.3 is 5.97 Å². The van der Waals surface area contributed by atoms with Gasteiger partial charge in [0.1, 0.15) is 5.60 Å². The van der Waals surface area contributed by atoms with Gasteiger partial charge in [-0.2, -0.15) is 0 Å². The zero-order chi connectivity index (χ0) is 21.7. The van der Waals surface area contributed by atoms with Gasteiger partial charge in [0.2, 0.25) is 0 Å². The molecule has 1 aliphatic carbocycles. The van der Waals surface area contributed by atoms with Crippen LogP contribution in [0.1, 0.15) is 43.5 Å². The van der Waals surface area contributed by atoms with Crippen LogP contribution in [0.3, 0.4) is 0 Å². The molecule has 0 spiro atoms. The summed E-state index contributed by atoms with van der Waals surface area (Å²) in [6.07, 6.45) is 7.73. The fourth-order valence-electron chi connectivity index (χ4n) is 4.04. The van der Waals surface area contributed by atoms with Gasteiger partial charge < -0.3 is 4.74 Å². The Morgan fingerprint density at radius 1 is 0.871 bits per heavy atom. The fourth-order valence-corrected chi connectivity index (χ4v) is 6.17. The van der Waals surface area contributed by atoms with E-state index >= 15 is 0 Å². The van der Waals surface area contributed by atoms with E-state index < -0.39 is 5.60 Å². The third-order valence-corrected chi connectivity index (χ3v) is 7.98. The second-order valence-corrected chi connectivity index (χ2v) is 10.4. The quantitative estimate of drug-likeness (QED) is 0.238. The standard InChI is InChI=1S/C28H29O2S/c1-28(2,23-14-6-3-7-15-23)30-27(29)22-13-12-20-26(21-22)31(24-16-8-4-9-17-24)25-18-10-5-11-19-25/h4-6,8-14,16-21,23H,3,7,15H2,1-2H3/q+1. The van der Waals surface area contributed by atoms with Crippen molar-refractivity contribution in [2.45, 2.75) is 53.4 Å². The molecule has 4 rings (SSSR count). The van der Waals surface area contributed by atoms with Crippen molar-refractivity contribution < 1.29 is 9.53 Å². The van der Waals surface area contributed by atoms with Crippen molar-refractivity contribution in [3.05, 3.63) is 103 Å². The summed E-state index contributed by atoms with van der Waals surface area (Å²) < 4.78 is 6.02. The van der Waals surface area contributed by atoms with Crippen LogP contribution in [0.15, 0.2) is 112 Å². The van der Waals surface area contributed by atoms with Crippen molar-refractivity contribution in [2.24, 2.45) is 5.92 Å². The summed E-state index contributed by atoms with van der Waals surface area (Å²) >= 11 is 0. The second kappa shape index (κ2) is 9.57. The normalized spacial score (nSPS) is 16.3. The highest BCUT2D eigenvalue weighted by atomic mass is 32.2. The van der Waals surface area contributed by atoms with E-state index in [0.717, 1.165) is 24.2 Å². The maximum atomic E-state index is 13.1. The first kappa shape index (κ1) is 21.5. The summed E-state index contributed by atoms with van der Waals surface area (Å²) in [7, 11) is -0.288. The van der Waals surface area contributed by atoms with E-state index in [0.29, 0.717) is 5.56 Å². The first-order chi connectivity index (χ1) is 15.0. The third-order valence-electron chi connectivity index (χ3n) is 5.77. The van der Waals surface area contributed by atoms with Gasteiger partial charge in [0.25, 0.3) is 0 Å². The molecule has 0 N–H and O–H groups in total. The highest BCUT2D eigenvalue weighted by Crippen LogP contribution is 2.33. The van der Waals surface area contributed by atoms with E-state index in [1.54, 1.807) is 0 Å². The average molecular weight is 430 g/mol. The number of hydrogen-bond acceptors (Lipinski definition) is 2. The molecule has 1 unspecified atom stereocenters. The van der Waals surface area contributed by atoms with E-state index in [2.05, 4.69) is 66.7 Å². The van der Waals surface area contributed by atoms with Crippen LogP contribution in [0.4, 0.5) is 0 Å². The molecule has 2 nitrogen and oxygen atoms in total. The van der Waals surface area contributed by atoms with Crippen molar-refractivity contribution in [3.63, 3.8) is 0 Å². The first-order valence-electron chi connectivity index (χ1n) is 10.9. The van der Waals surface area contributed by atoms with Crippen LogP contribution in [0.5, 0.6) is 0 Å². The Labute approximate surface area is 188 Å². The van der Waals surface area contributed by atoms with Crippen LogP contribution in [0.25, 0.3) is 0 Å². The highest BCUT2D eigenvalue weighted by Gasteiger charge is 2.34. The lowest BCUT2D eigenvalue weighted by Crippen LogP contribution is -2.36. The molecule has 0 radical (unpaired) electrons. The molecule has 3 heteroatoms. The van der Waals surface area contributed by atoms with Crippen molar-refractivity contribution in [1.82, 2.24) is 0 Å². The number of allylic oxidation sites excluding steroid dienone is 1. The van der Waals surface area contributed by atoms with Gasteiger partial charge in [0.05, 0.1) is 16.5 Å². The van der Waals surface area contributed by atoms with Gasteiger partial charge in [0.15, 0.2) is 14.7 Å². The number of carbonyl (C=O) groups is 1. The van der Waals surface area contributed by atoms with E-state index in [1.807, 2.05) is 44.2 Å². The smallest absolute Gasteiger partial charge is 0.338 e. The lowest BCUT2D eigenvalue weighted by atomic mass is 9.83. The summed E-state index contributed by atoms with van der Waals surface area (Å²) in [6.45, 7) is 4.04. The molecule has 0 aliphatic heterocycles. The van der Waals surface area contributed by atoms with Crippen LogP contribution in [-0.4, -0.2) is 11.6 Å². The number of esters is 1. The highest BCUT2D eigenvalue weighted by molar-refractivity contribution is 7.97. The summed E-state index contributed by atoms with van der Waals surface area (Å²) in [4.78, 5) is 16.7. The van der Waals surface area contributed by atoms with E-state index in [1.165, 1.54) is 9.79 Å². The molecular formula is C28H29O2S+. The van der Waals surface area contributed by atoms with Crippen molar-refractivity contribution in [1.29, 1.82) is 0 Å². The summed E-state index contributed by atoms with van der Waals surface area (Å²) in [5.41, 5.74) is 0.0830. The maximum absolute atomic E-state index is 13.1. The van der Waals surface area contributed by atoms with Gasteiger partial charge in [-0.1, -0.05) is 54.6 Å². The fraction of sp³-hybridized carbons (Fsp3) is 0.250.